The fraction of sp³-hybridized carbons (Fsp3) is 0.696. The highest BCUT2D eigenvalue weighted by atomic mass is 16.5. The van der Waals surface area contributed by atoms with Crippen LogP contribution in [0.5, 0.6) is 0 Å². The molecule has 0 bridgehead atoms. The summed E-state index contributed by atoms with van der Waals surface area (Å²) in [5.41, 5.74) is 1.32. The average molecular weight is 387 g/mol. The van der Waals surface area contributed by atoms with E-state index in [1.54, 1.807) is 0 Å². The van der Waals surface area contributed by atoms with Gasteiger partial charge in [-0.15, -0.1) is 0 Å². The van der Waals surface area contributed by atoms with Crippen LogP contribution in [0.4, 0.5) is 0 Å². The Labute approximate surface area is 168 Å². The van der Waals surface area contributed by atoms with Gasteiger partial charge < -0.3 is 14.7 Å². The second-order valence-electron chi connectivity index (χ2n) is 8.77. The summed E-state index contributed by atoms with van der Waals surface area (Å²) in [7, 11) is 0. The van der Waals surface area contributed by atoms with Crippen LogP contribution < -0.4 is 0 Å². The number of amides is 1. The van der Waals surface area contributed by atoms with Crippen molar-refractivity contribution in [2.45, 2.75) is 57.2 Å². The molecule has 1 aromatic carbocycles. The Morgan fingerprint density at radius 1 is 1.14 bits per heavy atom. The lowest BCUT2D eigenvalue weighted by Crippen LogP contribution is -2.63. The minimum atomic E-state index is -0.265. The Kier molecular flexibility index (Phi) is 6.04. The zero-order chi connectivity index (χ0) is 19.6. The van der Waals surface area contributed by atoms with Gasteiger partial charge in [0.05, 0.1) is 18.8 Å². The molecule has 4 rings (SSSR count). The maximum atomic E-state index is 12.8. The number of ether oxygens (including phenoxy) is 1. The summed E-state index contributed by atoms with van der Waals surface area (Å²) < 4.78 is 5.83. The van der Waals surface area contributed by atoms with Crippen LogP contribution in [0, 0.1) is 5.41 Å². The summed E-state index contributed by atoms with van der Waals surface area (Å²) in [6.45, 7) is 6.73. The van der Waals surface area contributed by atoms with Crippen LogP contribution in [0.25, 0.3) is 0 Å². The lowest BCUT2D eigenvalue weighted by molar-refractivity contribution is -0.210. The standard InChI is InChI=1S/C23H34N2O3/c1-2-28-21-16-20(26)23(21)10-14-25(15-11-23)22(27)17-24-12-8-19(9-13-24)18-6-4-3-5-7-18/h3-7,19-21,26H,2,8-17H2,1H3/t20-,21+/m1/s1. The van der Waals surface area contributed by atoms with E-state index in [1.165, 1.54) is 5.56 Å². The van der Waals surface area contributed by atoms with Crippen molar-refractivity contribution in [2.24, 2.45) is 5.41 Å². The normalized spacial score (nSPS) is 28.3. The molecule has 2 aliphatic heterocycles. The van der Waals surface area contributed by atoms with Crippen LogP contribution in [0.2, 0.25) is 0 Å². The molecule has 1 spiro atoms. The van der Waals surface area contributed by atoms with Crippen LogP contribution in [0.1, 0.15) is 50.5 Å². The van der Waals surface area contributed by atoms with E-state index in [1.807, 2.05) is 11.8 Å². The first-order valence-corrected chi connectivity index (χ1v) is 11.0. The minimum Gasteiger partial charge on any atom is -0.392 e. The van der Waals surface area contributed by atoms with Gasteiger partial charge in [-0.3, -0.25) is 9.69 Å². The van der Waals surface area contributed by atoms with E-state index < -0.39 is 0 Å². The minimum absolute atomic E-state index is 0.110. The smallest absolute Gasteiger partial charge is 0.236 e. The topological polar surface area (TPSA) is 53.0 Å². The highest BCUT2D eigenvalue weighted by molar-refractivity contribution is 5.78. The fourth-order valence-corrected chi connectivity index (χ4v) is 5.43. The third kappa shape index (κ3) is 3.85. The molecule has 1 aliphatic carbocycles. The predicted octanol–water partition coefficient (Wildman–Crippen LogP) is 2.64. The molecule has 0 aromatic heterocycles. The van der Waals surface area contributed by atoms with Crippen LogP contribution in [-0.2, 0) is 9.53 Å². The predicted molar refractivity (Wildman–Crippen MR) is 109 cm³/mol. The summed E-state index contributed by atoms with van der Waals surface area (Å²) in [6, 6.07) is 10.7. The van der Waals surface area contributed by atoms with E-state index in [9.17, 15) is 9.90 Å². The Morgan fingerprint density at radius 3 is 2.43 bits per heavy atom. The summed E-state index contributed by atoms with van der Waals surface area (Å²) in [5, 5.41) is 10.3. The number of hydrogen-bond acceptors (Lipinski definition) is 4. The lowest BCUT2D eigenvalue weighted by atomic mass is 9.58. The van der Waals surface area contributed by atoms with Gasteiger partial charge in [-0.25, -0.2) is 0 Å². The van der Waals surface area contributed by atoms with Gasteiger partial charge in [-0.2, -0.15) is 0 Å². The second-order valence-corrected chi connectivity index (χ2v) is 8.77. The molecule has 5 nitrogen and oxygen atoms in total. The highest BCUT2D eigenvalue weighted by Gasteiger charge is 2.56. The molecule has 3 fully saturated rings. The van der Waals surface area contributed by atoms with Gasteiger partial charge in [-0.05, 0) is 57.2 Å². The molecule has 2 heterocycles. The van der Waals surface area contributed by atoms with Crippen molar-refractivity contribution < 1.29 is 14.6 Å². The van der Waals surface area contributed by atoms with Gasteiger partial charge in [0.1, 0.15) is 0 Å². The molecule has 28 heavy (non-hydrogen) atoms. The second kappa shape index (κ2) is 8.52. The van der Waals surface area contributed by atoms with Gasteiger partial charge in [0.15, 0.2) is 0 Å². The maximum absolute atomic E-state index is 12.8. The summed E-state index contributed by atoms with van der Waals surface area (Å²) in [4.78, 5) is 17.1. The molecule has 5 heteroatoms. The van der Waals surface area contributed by atoms with E-state index in [0.29, 0.717) is 19.1 Å². The van der Waals surface area contributed by atoms with Crippen molar-refractivity contribution in [1.29, 1.82) is 0 Å². The monoisotopic (exact) mass is 386 g/mol. The van der Waals surface area contributed by atoms with E-state index in [-0.39, 0.29) is 23.5 Å². The number of likely N-dealkylation sites (tertiary alicyclic amines) is 2. The third-order valence-corrected chi connectivity index (χ3v) is 7.37. The van der Waals surface area contributed by atoms with Crippen LogP contribution in [-0.4, -0.2) is 72.4 Å². The van der Waals surface area contributed by atoms with Gasteiger partial charge in [-0.1, -0.05) is 30.3 Å². The van der Waals surface area contributed by atoms with Crippen LogP contribution in [0.3, 0.4) is 0 Å². The summed E-state index contributed by atoms with van der Waals surface area (Å²) in [5.74, 6) is 0.868. The number of carbonyl (C=O) groups is 1. The molecule has 2 atom stereocenters. The third-order valence-electron chi connectivity index (χ3n) is 7.37. The Bertz CT molecular complexity index is 647. The molecule has 154 valence electrons. The fourth-order valence-electron chi connectivity index (χ4n) is 5.43. The zero-order valence-corrected chi connectivity index (χ0v) is 17.1. The average Bonchev–Trinajstić information content (AvgIpc) is 2.75. The molecule has 0 unspecified atom stereocenters. The number of piperidine rings is 2. The summed E-state index contributed by atoms with van der Waals surface area (Å²) in [6.07, 6.45) is 4.63. The zero-order valence-electron chi connectivity index (χ0n) is 17.1. The first kappa shape index (κ1) is 19.9. The number of hydrogen-bond donors (Lipinski definition) is 1. The molecule has 1 N–H and O–H groups in total. The quantitative estimate of drug-likeness (QED) is 0.845. The number of nitrogens with zero attached hydrogens (tertiary/aromatic N) is 2. The molecule has 1 saturated carbocycles. The number of aliphatic hydroxyl groups excluding tert-OH is 1. The Morgan fingerprint density at radius 2 is 1.82 bits per heavy atom. The first-order chi connectivity index (χ1) is 13.6. The SMILES string of the molecule is CCO[C@H]1C[C@@H](O)C12CCN(C(=O)CN1CCC(c3ccccc3)CC1)CC2. The maximum Gasteiger partial charge on any atom is 0.236 e. The summed E-state index contributed by atoms with van der Waals surface area (Å²) >= 11 is 0. The van der Waals surface area contributed by atoms with Gasteiger partial charge in [0, 0.05) is 31.5 Å². The number of rotatable bonds is 5. The van der Waals surface area contributed by atoms with Gasteiger partial charge in [0.25, 0.3) is 0 Å². The number of aliphatic hydroxyl groups is 1. The van der Waals surface area contributed by atoms with Crippen molar-refractivity contribution in [3.8, 4) is 0 Å². The van der Waals surface area contributed by atoms with Crippen LogP contribution >= 0.6 is 0 Å². The van der Waals surface area contributed by atoms with Gasteiger partial charge in [0.2, 0.25) is 5.91 Å². The van der Waals surface area contributed by atoms with E-state index in [0.717, 1.165) is 58.3 Å². The Balaban J connectivity index is 1.23. The van der Waals surface area contributed by atoms with Crippen molar-refractivity contribution in [2.75, 3.05) is 39.3 Å². The number of carbonyl (C=O) groups excluding carboxylic acids is 1. The lowest BCUT2D eigenvalue weighted by Gasteiger charge is -2.56. The molecular weight excluding hydrogens is 352 g/mol. The molecule has 1 aromatic rings. The first-order valence-electron chi connectivity index (χ1n) is 11.0. The van der Waals surface area contributed by atoms with Crippen molar-refractivity contribution in [1.82, 2.24) is 9.80 Å². The molecule has 1 amide bonds. The van der Waals surface area contributed by atoms with Crippen LogP contribution in [0.15, 0.2) is 30.3 Å². The number of benzene rings is 1. The largest absolute Gasteiger partial charge is 0.392 e. The van der Waals surface area contributed by atoms with E-state index in [4.69, 9.17) is 4.74 Å². The van der Waals surface area contributed by atoms with Crippen molar-refractivity contribution in [3.05, 3.63) is 35.9 Å². The van der Waals surface area contributed by atoms with Crippen molar-refractivity contribution in [3.63, 3.8) is 0 Å². The Hall–Kier alpha value is -1.43. The highest BCUT2D eigenvalue weighted by Crippen LogP contribution is 2.50. The molecule has 3 aliphatic rings. The molecule has 2 saturated heterocycles. The molecular formula is C23H34N2O3. The van der Waals surface area contributed by atoms with E-state index >= 15 is 0 Å². The molecule has 0 radical (unpaired) electrons. The van der Waals surface area contributed by atoms with E-state index in [2.05, 4.69) is 35.2 Å². The van der Waals surface area contributed by atoms with Gasteiger partial charge >= 0.3 is 0 Å². The van der Waals surface area contributed by atoms with Crippen molar-refractivity contribution >= 4 is 5.91 Å².